The van der Waals surface area contributed by atoms with Crippen molar-refractivity contribution in [3.8, 4) is 0 Å². The van der Waals surface area contributed by atoms with Gasteiger partial charge in [0, 0.05) is 25.7 Å². The Morgan fingerprint density at radius 2 is 2.00 bits per heavy atom. The van der Waals surface area contributed by atoms with Gasteiger partial charge in [0.15, 0.2) is 5.82 Å². The van der Waals surface area contributed by atoms with E-state index in [9.17, 15) is 4.79 Å². The number of hydrogen-bond donors (Lipinski definition) is 2. The van der Waals surface area contributed by atoms with E-state index in [-0.39, 0.29) is 5.91 Å². The third kappa shape index (κ3) is 5.01. The minimum absolute atomic E-state index is 0.0798. The summed E-state index contributed by atoms with van der Waals surface area (Å²) in [7, 11) is 0. The summed E-state index contributed by atoms with van der Waals surface area (Å²) < 4.78 is 0. The SMILES string of the molecule is NCCCCCCC(=O)Nc1cccnc1N1CCCC1. The van der Waals surface area contributed by atoms with Crippen LogP contribution in [-0.4, -0.2) is 30.5 Å². The number of amides is 1. The van der Waals surface area contributed by atoms with E-state index in [1.54, 1.807) is 6.20 Å². The lowest BCUT2D eigenvalue weighted by atomic mass is 10.1. The first-order chi connectivity index (χ1) is 10.3. The van der Waals surface area contributed by atoms with Crippen LogP contribution < -0.4 is 16.0 Å². The second kappa shape index (κ2) is 8.62. The molecule has 0 bridgehead atoms. The molecule has 0 aromatic carbocycles. The second-order valence-electron chi connectivity index (χ2n) is 5.57. The van der Waals surface area contributed by atoms with Gasteiger partial charge in [-0.05, 0) is 44.4 Å². The predicted octanol–water partition coefficient (Wildman–Crippen LogP) is 2.53. The molecule has 5 heteroatoms. The molecule has 0 aliphatic carbocycles. The summed E-state index contributed by atoms with van der Waals surface area (Å²) in [6.45, 7) is 2.79. The van der Waals surface area contributed by atoms with E-state index in [0.29, 0.717) is 6.42 Å². The number of carbonyl (C=O) groups is 1. The number of nitrogens with zero attached hydrogens (tertiary/aromatic N) is 2. The van der Waals surface area contributed by atoms with Crippen LogP contribution in [-0.2, 0) is 4.79 Å². The molecule has 1 aliphatic heterocycles. The van der Waals surface area contributed by atoms with Crippen molar-refractivity contribution in [2.45, 2.75) is 44.9 Å². The number of hydrogen-bond acceptors (Lipinski definition) is 4. The van der Waals surface area contributed by atoms with Gasteiger partial charge in [-0.25, -0.2) is 4.98 Å². The van der Waals surface area contributed by atoms with Crippen molar-refractivity contribution in [3.63, 3.8) is 0 Å². The van der Waals surface area contributed by atoms with Gasteiger partial charge in [-0.1, -0.05) is 12.8 Å². The molecule has 0 spiro atoms. The van der Waals surface area contributed by atoms with Gasteiger partial charge in [-0.2, -0.15) is 0 Å². The number of nitrogens with one attached hydrogen (secondary N) is 1. The summed E-state index contributed by atoms with van der Waals surface area (Å²) in [5, 5.41) is 3.01. The van der Waals surface area contributed by atoms with Gasteiger partial charge in [0.1, 0.15) is 0 Å². The van der Waals surface area contributed by atoms with Crippen molar-refractivity contribution < 1.29 is 4.79 Å². The minimum atomic E-state index is 0.0798. The van der Waals surface area contributed by atoms with Crippen LogP contribution in [0.4, 0.5) is 11.5 Å². The third-order valence-corrected chi connectivity index (χ3v) is 3.82. The highest BCUT2D eigenvalue weighted by Crippen LogP contribution is 2.26. The normalized spacial score (nSPS) is 14.4. The Hall–Kier alpha value is -1.62. The maximum atomic E-state index is 12.0. The number of aromatic nitrogens is 1. The quantitative estimate of drug-likeness (QED) is 0.722. The van der Waals surface area contributed by atoms with E-state index >= 15 is 0 Å². The fourth-order valence-corrected chi connectivity index (χ4v) is 2.67. The molecule has 0 atom stereocenters. The molecule has 0 radical (unpaired) electrons. The van der Waals surface area contributed by atoms with Gasteiger partial charge >= 0.3 is 0 Å². The lowest BCUT2D eigenvalue weighted by molar-refractivity contribution is -0.116. The Labute approximate surface area is 126 Å². The van der Waals surface area contributed by atoms with E-state index in [2.05, 4.69) is 15.2 Å². The van der Waals surface area contributed by atoms with Gasteiger partial charge in [-0.15, -0.1) is 0 Å². The summed E-state index contributed by atoms with van der Waals surface area (Å²) in [6, 6.07) is 3.81. The van der Waals surface area contributed by atoms with Gasteiger partial charge < -0.3 is 16.0 Å². The first-order valence-corrected chi connectivity index (χ1v) is 8.01. The zero-order chi connectivity index (χ0) is 14.9. The molecular formula is C16H26N4O. The van der Waals surface area contributed by atoms with E-state index < -0.39 is 0 Å². The van der Waals surface area contributed by atoms with Crippen LogP contribution in [0.1, 0.15) is 44.9 Å². The molecule has 3 N–H and O–H groups in total. The van der Waals surface area contributed by atoms with Crippen LogP contribution in [0.25, 0.3) is 0 Å². The molecule has 2 rings (SSSR count). The Morgan fingerprint density at radius 3 is 2.76 bits per heavy atom. The zero-order valence-corrected chi connectivity index (χ0v) is 12.7. The molecule has 2 heterocycles. The summed E-state index contributed by atoms with van der Waals surface area (Å²) in [5.41, 5.74) is 6.30. The van der Waals surface area contributed by atoms with Crippen LogP contribution in [0, 0.1) is 0 Å². The Balaban J connectivity index is 1.83. The van der Waals surface area contributed by atoms with E-state index in [4.69, 9.17) is 5.73 Å². The number of carbonyl (C=O) groups excluding carboxylic acids is 1. The van der Waals surface area contributed by atoms with Crippen LogP contribution in [0.15, 0.2) is 18.3 Å². The molecule has 116 valence electrons. The average Bonchev–Trinajstić information content (AvgIpc) is 3.02. The van der Waals surface area contributed by atoms with E-state index in [1.807, 2.05) is 12.1 Å². The van der Waals surface area contributed by atoms with Crippen molar-refractivity contribution >= 4 is 17.4 Å². The summed E-state index contributed by atoms with van der Waals surface area (Å²) in [4.78, 5) is 18.7. The highest BCUT2D eigenvalue weighted by Gasteiger charge is 2.17. The number of pyridine rings is 1. The van der Waals surface area contributed by atoms with Crippen LogP contribution >= 0.6 is 0 Å². The Kier molecular flexibility index (Phi) is 6.47. The van der Waals surface area contributed by atoms with Gasteiger partial charge in [0.25, 0.3) is 0 Å². The number of anilines is 2. The third-order valence-electron chi connectivity index (χ3n) is 3.82. The molecular weight excluding hydrogens is 264 g/mol. The molecule has 0 unspecified atom stereocenters. The molecule has 1 aromatic rings. The number of rotatable bonds is 8. The monoisotopic (exact) mass is 290 g/mol. The zero-order valence-electron chi connectivity index (χ0n) is 12.7. The molecule has 1 saturated heterocycles. The first-order valence-electron chi connectivity index (χ1n) is 8.01. The molecule has 0 saturated carbocycles. The number of nitrogens with two attached hydrogens (primary N) is 1. The minimum Gasteiger partial charge on any atom is -0.355 e. The fraction of sp³-hybridized carbons (Fsp3) is 0.625. The van der Waals surface area contributed by atoms with Gasteiger partial charge in [-0.3, -0.25) is 4.79 Å². The van der Waals surface area contributed by atoms with Crippen molar-refractivity contribution in [1.82, 2.24) is 4.98 Å². The van der Waals surface area contributed by atoms with Crippen LogP contribution in [0.2, 0.25) is 0 Å². The topological polar surface area (TPSA) is 71.2 Å². The second-order valence-corrected chi connectivity index (χ2v) is 5.57. The van der Waals surface area contributed by atoms with Crippen LogP contribution in [0.5, 0.6) is 0 Å². The summed E-state index contributed by atoms with van der Waals surface area (Å²) in [6.07, 6.45) is 8.89. The van der Waals surface area contributed by atoms with E-state index in [1.165, 1.54) is 12.8 Å². The number of unbranched alkanes of at least 4 members (excludes halogenated alkanes) is 3. The molecule has 1 aromatic heterocycles. The standard InChI is InChI=1S/C16H26N4O/c17-10-4-2-1-3-9-15(21)19-14-8-7-11-18-16(14)20-12-5-6-13-20/h7-8,11H,1-6,9-10,12-13,17H2,(H,19,21). The first kappa shape index (κ1) is 15.8. The summed E-state index contributed by atoms with van der Waals surface area (Å²) >= 11 is 0. The Bertz CT molecular complexity index is 444. The summed E-state index contributed by atoms with van der Waals surface area (Å²) in [5.74, 6) is 0.989. The molecule has 21 heavy (non-hydrogen) atoms. The molecule has 1 amide bonds. The van der Waals surface area contributed by atoms with Crippen molar-refractivity contribution in [1.29, 1.82) is 0 Å². The van der Waals surface area contributed by atoms with Crippen molar-refractivity contribution in [3.05, 3.63) is 18.3 Å². The average molecular weight is 290 g/mol. The largest absolute Gasteiger partial charge is 0.355 e. The Morgan fingerprint density at radius 1 is 1.24 bits per heavy atom. The van der Waals surface area contributed by atoms with Crippen LogP contribution in [0.3, 0.4) is 0 Å². The lowest BCUT2D eigenvalue weighted by Gasteiger charge is -2.19. The maximum Gasteiger partial charge on any atom is 0.224 e. The smallest absolute Gasteiger partial charge is 0.224 e. The highest BCUT2D eigenvalue weighted by molar-refractivity contribution is 5.93. The van der Waals surface area contributed by atoms with E-state index in [0.717, 1.165) is 56.8 Å². The predicted molar refractivity (Wildman–Crippen MR) is 86.5 cm³/mol. The maximum absolute atomic E-state index is 12.0. The van der Waals surface area contributed by atoms with Crippen molar-refractivity contribution in [2.75, 3.05) is 29.9 Å². The molecule has 5 nitrogen and oxygen atoms in total. The highest BCUT2D eigenvalue weighted by atomic mass is 16.1. The lowest BCUT2D eigenvalue weighted by Crippen LogP contribution is -2.22. The molecule has 1 aliphatic rings. The van der Waals surface area contributed by atoms with Gasteiger partial charge in [0.2, 0.25) is 5.91 Å². The van der Waals surface area contributed by atoms with Gasteiger partial charge in [0.05, 0.1) is 5.69 Å². The van der Waals surface area contributed by atoms with Crippen molar-refractivity contribution in [2.24, 2.45) is 5.73 Å². The fourth-order valence-electron chi connectivity index (χ4n) is 2.67. The molecule has 1 fully saturated rings.